The summed E-state index contributed by atoms with van der Waals surface area (Å²) in [5, 5.41) is 46.4. The Balaban J connectivity index is 0.000000135. The van der Waals surface area contributed by atoms with Crippen LogP contribution < -0.4 is 34.9 Å². The van der Waals surface area contributed by atoms with Gasteiger partial charge in [0.1, 0.15) is 83.7 Å². The number of likely N-dealkylation sites (N-methyl/N-ethyl adjacent to an activating group) is 3. The molecule has 21 rings (SSSR count). The summed E-state index contributed by atoms with van der Waals surface area (Å²) >= 11 is 25.4. The number of aromatic amines is 4. The number of piperidine rings is 1. The molecule has 7 aromatic carbocycles. The number of anilines is 6. The van der Waals surface area contributed by atoms with Crippen molar-refractivity contribution in [2.45, 2.75) is 196 Å². The average Bonchev–Trinajstić information content (AvgIpc) is 0.827. The maximum absolute atomic E-state index is 16.9. The van der Waals surface area contributed by atoms with E-state index in [9.17, 15) is 14.4 Å². The first-order chi connectivity index (χ1) is 69.1. The normalized spacial score (nSPS) is 19.8. The number of aryl methyl sites for hydroxylation is 4. The zero-order chi connectivity index (χ0) is 105. The molecule has 43 heteroatoms. The molecule has 0 spiro atoms. The van der Waals surface area contributed by atoms with Crippen LogP contribution in [0.4, 0.5) is 53.3 Å². The summed E-state index contributed by atoms with van der Waals surface area (Å²) in [5.41, 5.74) is 11.7. The Labute approximate surface area is 866 Å². The number of benzene rings is 7. The molecule has 0 bridgehead atoms. The van der Waals surface area contributed by atoms with Crippen molar-refractivity contribution in [2.24, 2.45) is 5.92 Å². The summed E-state index contributed by atoms with van der Waals surface area (Å²) in [5.74, 6) is 2.36. The number of amides is 2. The van der Waals surface area contributed by atoms with Crippen molar-refractivity contribution < 1.29 is 41.6 Å². The molecular formula is C103H125BCl4F3N29O6. The van der Waals surface area contributed by atoms with E-state index in [1.54, 1.807) is 17.0 Å². The second kappa shape index (κ2) is 41.4. The van der Waals surface area contributed by atoms with Crippen molar-refractivity contribution in [3.8, 4) is 33.4 Å². The number of nitrogens with one attached hydrogen (secondary N) is 4. The first-order valence-electron chi connectivity index (χ1n) is 49.1. The number of carbonyl (C=O) groups is 3. The molecule has 770 valence electrons. The average molecular weight is 2070 g/mol. The van der Waals surface area contributed by atoms with Gasteiger partial charge in [0.05, 0.1) is 26.3 Å². The number of piperazine rings is 2. The van der Waals surface area contributed by atoms with Crippen molar-refractivity contribution in [1.29, 1.82) is 0 Å². The zero-order valence-electron chi connectivity index (χ0n) is 86.7. The topological polar surface area (TPSA) is 358 Å². The van der Waals surface area contributed by atoms with Crippen LogP contribution in [0.2, 0.25) is 15.1 Å². The van der Waals surface area contributed by atoms with E-state index in [-0.39, 0.29) is 85.1 Å². The molecule has 35 nitrogen and oxygen atoms in total. The summed E-state index contributed by atoms with van der Waals surface area (Å²) < 4.78 is 68.2. The minimum Gasteiger partial charge on any atom is -0.444 e. The Kier molecular flexibility index (Phi) is 29.8. The monoisotopic (exact) mass is 2070 g/mol. The second-order valence-corrected chi connectivity index (χ2v) is 43.7. The predicted molar refractivity (Wildman–Crippen MR) is 573 cm³/mol. The number of nitrogens with zero attached hydrogens (tertiary/aromatic N) is 25. The number of fused-ring (bicyclic) bond motifs is 7. The van der Waals surface area contributed by atoms with Gasteiger partial charge in [-0.15, -0.1) is 0 Å². The fourth-order valence-corrected chi connectivity index (χ4v) is 20.7. The number of carbonyl (C=O) groups excluding carboxylic acids is 3. The number of allylic oxidation sites excluding steroid dienone is 1. The first-order valence-corrected chi connectivity index (χ1v) is 50.6. The van der Waals surface area contributed by atoms with Gasteiger partial charge in [0.2, 0.25) is 29.0 Å². The van der Waals surface area contributed by atoms with Crippen LogP contribution in [0.3, 0.4) is 0 Å². The molecule has 6 atom stereocenters. The van der Waals surface area contributed by atoms with Crippen LogP contribution in [0.1, 0.15) is 125 Å². The summed E-state index contributed by atoms with van der Waals surface area (Å²) in [6.07, 6.45) is 4.27. The van der Waals surface area contributed by atoms with Gasteiger partial charge in [-0.1, -0.05) is 79.1 Å². The van der Waals surface area contributed by atoms with E-state index in [0.29, 0.717) is 162 Å². The molecule has 2 amide bonds. The minimum absolute atomic E-state index is 0.0837. The molecule has 0 saturated carbocycles. The number of rotatable bonds is 15. The Morgan fingerprint density at radius 2 is 0.753 bits per heavy atom. The van der Waals surface area contributed by atoms with Crippen molar-refractivity contribution in [3.05, 3.63) is 147 Å². The Hall–Kier alpha value is -12.3. The standard InChI is InChI=1S/C31H39ClFN9O2.C29H33ClFN9O.C27H32ClFN8.C13H18BN3O2.C3H3ClO/c1-16-9-10-22-27(37-38-36-22)23(16)24-21(32)11-20-26(25(24)33)34-29(40-14-19(15-40)39(7)8)35-28(20)41-12-18(3)42(13-17(41)2)30(43)44-31(4,5)6;1-7-22(41)39-11-17(4)40(12-16(39)3)28-19-10-20(30)24(23-15(2)8-9-21-27(23)35-36-34-21)25(31)26(19)32-29(33-28)38-13-18(14-38)37(5)6;1-14-6-8-16(3)37(11-14)26-18-10-19(28)22(21-15(2)7-9-20-25(21)33-34-32-20)23(29)24(18)30-27(31-26)36-12-17(13-36)35(4)5;1-8-6-7-9-11(16-17-15-9)10(8)14-18-12(2,3)13(4,5)19-14;1-2-3(4)5/h9-11,17-19H,12-15H2,1-8H3,(H,36,37,38);7-10,16-18H,1,11-14H2,2-6H3,(H,34,35,36);7,9-10,14,16-17H,6,8,11-13H2,1-5H3,(H,32,33,34);6-7H,1-5H3,(H,15,16,17);2H,1H2/t17-,18+;16-,17+;14-,16-;;/m010../s1. The quantitative estimate of drug-likeness (QED) is 0.0421. The molecule has 14 aromatic rings. The smallest absolute Gasteiger partial charge is 0.444 e. The summed E-state index contributed by atoms with van der Waals surface area (Å²) in [4.78, 5) is 87.4. The van der Waals surface area contributed by atoms with Crippen LogP contribution in [-0.4, -0.2) is 320 Å². The molecule has 7 saturated heterocycles. The fourth-order valence-electron chi connectivity index (χ4n) is 19.8. The van der Waals surface area contributed by atoms with E-state index >= 15 is 13.2 Å². The number of halogens is 7. The molecule has 0 unspecified atom stereocenters. The highest BCUT2D eigenvalue weighted by Crippen LogP contribution is 2.49. The third-order valence-corrected chi connectivity index (χ3v) is 30.5. The van der Waals surface area contributed by atoms with Gasteiger partial charge in [-0.3, -0.25) is 9.59 Å². The highest BCUT2D eigenvalue weighted by atomic mass is 35.5. The molecule has 14 heterocycles. The Morgan fingerprint density at radius 1 is 0.432 bits per heavy atom. The third kappa shape index (κ3) is 20.3. The molecule has 7 aromatic heterocycles. The molecule has 7 aliphatic rings. The number of H-pyrrole nitrogens is 4. The van der Waals surface area contributed by atoms with Gasteiger partial charge in [0.15, 0.2) is 17.5 Å². The molecule has 7 aliphatic heterocycles. The van der Waals surface area contributed by atoms with Crippen LogP contribution in [0.15, 0.2) is 92.0 Å². The van der Waals surface area contributed by atoms with Crippen LogP contribution in [0, 0.1) is 51.1 Å². The highest BCUT2D eigenvalue weighted by Gasteiger charge is 2.53. The first kappa shape index (κ1) is 105. The molecular weight excluding hydrogens is 1950 g/mol. The summed E-state index contributed by atoms with van der Waals surface area (Å²) in [6.45, 7) is 48.1. The molecule has 0 aliphatic carbocycles. The van der Waals surface area contributed by atoms with E-state index < -0.39 is 35.4 Å². The SMILES string of the molecule is C=CC(=O)Cl.C=CC(=O)N1C[C@H](C)N(c2nc(N3CC(N(C)C)C3)nc3c(F)c(-c4c(C)ccc5n[nH]nc45)c(Cl)cc23)C[C@H]1C.Cc1ccc2n[nH]nc2c1-c1c(Cl)cc2c(N3C[C@@H](C)CC[C@@H]3C)nc(N3CC(N(C)C)C3)nc2c1F.Cc1ccc2n[nH]nc2c1-c1c(Cl)cc2c(N3C[C@@H](C)N(C(=O)OC(C)(C)C)C[C@@H]3C)nc(N3CC(N(C)C)C3)nc2c1F.Cc1ccc2n[nH]nc2c1B1OC(C)(C)C(C)(C)O1. The second-order valence-electron chi connectivity index (χ2n) is 42.1. The number of ether oxygens (including phenoxy) is 1. The molecule has 7 fully saturated rings. The minimum atomic E-state index is -0.600. The summed E-state index contributed by atoms with van der Waals surface area (Å²) in [7, 11) is 11.9. The Bertz CT molecular complexity index is 7370. The molecule has 4 N–H and O–H groups in total. The van der Waals surface area contributed by atoms with E-state index in [4.69, 9.17) is 90.4 Å². The number of hydrogen-bond acceptors (Lipinski definition) is 29. The van der Waals surface area contributed by atoms with Crippen molar-refractivity contribution in [1.82, 2.24) is 116 Å². The van der Waals surface area contributed by atoms with E-state index in [1.807, 2.05) is 192 Å². The van der Waals surface area contributed by atoms with Gasteiger partial charge in [-0.25, -0.2) is 32.9 Å². The lowest BCUT2D eigenvalue weighted by atomic mass is 9.75. The largest absolute Gasteiger partial charge is 0.497 e. The van der Waals surface area contributed by atoms with Crippen LogP contribution >= 0.6 is 46.4 Å². The summed E-state index contributed by atoms with van der Waals surface area (Å²) in [6, 6.07) is 21.5. The van der Waals surface area contributed by atoms with Crippen LogP contribution in [0.5, 0.6) is 0 Å². The van der Waals surface area contributed by atoms with E-state index in [2.05, 4.69) is 147 Å². The lowest BCUT2D eigenvalue weighted by Crippen LogP contribution is -2.59. The van der Waals surface area contributed by atoms with Crippen molar-refractivity contribution in [2.75, 3.05) is 144 Å². The van der Waals surface area contributed by atoms with E-state index in [1.165, 1.54) is 12.5 Å². The third-order valence-electron chi connectivity index (χ3n) is 29.4. The maximum Gasteiger partial charge on any atom is 0.497 e. The molecule has 0 radical (unpaired) electrons. The zero-order valence-corrected chi connectivity index (χ0v) is 89.7. The van der Waals surface area contributed by atoms with Crippen LogP contribution in [0.25, 0.3) is 110 Å². The maximum atomic E-state index is 16.9. The van der Waals surface area contributed by atoms with Gasteiger partial charge in [0, 0.05) is 175 Å². The molecule has 146 heavy (non-hydrogen) atoms. The fraction of sp³-hybridized carbons (Fsp3) is 0.466. The van der Waals surface area contributed by atoms with Gasteiger partial charge in [-0.05, 0) is 260 Å². The predicted octanol–water partition coefficient (Wildman–Crippen LogP) is 16.8. The van der Waals surface area contributed by atoms with Gasteiger partial charge < -0.3 is 67.9 Å². The lowest BCUT2D eigenvalue weighted by Gasteiger charge is -2.46. The van der Waals surface area contributed by atoms with Gasteiger partial charge in [0.25, 0.3) is 0 Å². The Morgan fingerprint density at radius 3 is 1.09 bits per heavy atom. The highest BCUT2D eigenvalue weighted by molar-refractivity contribution is 6.66. The van der Waals surface area contributed by atoms with Crippen molar-refractivity contribution in [3.63, 3.8) is 0 Å². The number of aromatic nitrogens is 18. The van der Waals surface area contributed by atoms with Gasteiger partial charge in [-0.2, -0.15) is 76.6 Å². The van der Waals surface area contributed by atoms with Crippen LogP contribution in [-0.2, 0) is 23.6 Å². The van der Waals surface area contributed by atoms with E-state index in [0.717, 1.165) is 103 Å². The van der Waals surface area contributed by atoms with Gasteiger partial charge >= 0.3 is 13.2 Å². The lowest BCUT2D eigenvalue weighted by molar-refractivity contribution is -0.128. The van der Waals surface area contributed by atoms with Crippen molar-refractivity contribution >= 4 is 188 Å². The number of hydrogen-bond donors (Lipinski definition) is 4.